The molecule has 0 saturated carbocycles. The second-order valence-corrected chi connectivity index (χ2v) is 9.58. The zero-order valence-electron chi connectivity index (χ0n) is 21.6. The Balaban J connectivity index is 1.08. The summed E-state index contributed by atoms with van der Waals surface area (Å²) in [5.41, 5.74) is 6.22. The minimum Gasteiger partial charge on any atom is -0.445 e. The lowest BCUT2D eigenvalue weighted by Gasteiger charge is -2.14. The summed E-state index contributed by atoms with van der Waals surface area (Å²) in [6, 6.07) is 33.0. The smallest absolute Gasteiger partial charge is 0.407 e. The monoisotopic (exact) mass is 518 g/mol. The van der Waals surface area contributed by atoms with Crippen molar-refractivity contribution in [3.63, 3.8) is 0 Å². The number of hydrogen-bond acceptors (Lipinski definition) is 4. The number of amides is 3. The van der Waals surface area contributed by atoms with Gasteiger partial charge in [-0.05, 0) is 59.2 Å². The van der Waals surface area contributed by atoms with E-state index in [0.29, 0.717) is 17.7 Å². The third kappa shape index (κ3) is 6.41. The number of carbonyl (C=O) groups is 3. The van der Waals surface area contributed by atoms with Crippen molar-refractivity contribution < 1.29 is 19.1 Å². The molecule has 1 N–H and O–H groups in total. The van der Waals surface area contributed by atoms with Crippen LogP contribution in [-0.4, -0.2) is 29.4 Å². The maximum atomic E-state index is 12.7. The van der Waals surface area contributed by atoms with Gasteiger partial charge in [-0.15, -0.1) is 0 Å². The Hall–Kier alpha value is -4.71. The normalized spacial score (nSPS) is 12.4. The van der Waals surface area contributed by atoms with Crippen LogP contribution in [0.25, 0.3) is 11.1 Å². The minimum atomic E-state index is -0.396. The number of fused-ring (bicyclic) bond motifs is 1. The van der Waals surface area contributed by atoms with Crippen molar-refractivity contribution in [2.45, 2.75) is 32.4 Å². The second kappa shape index (κ2) is 12.2. The van der Waals surface area contributed by atoms with Gasteiger partial charge >= 0.3 is 6.09 Å². The fraction of sp³-hybridized carbons (Fsp3) is 0.182. The number of alkyl carbamates (subject to hydrolysis) is 1. The molecule has 4 aromatic carbocycles. The van der Waals surface area contributed by atoms with Crippen molar-refractivity contribution in [3.8, 4) is 11.1 Å². The van der Waals surface area contributed by atoms with Gasteiger partial charge in [0.05, 0.1) is 17.7 Å². The molecular weight excluding hydrogens is 488 g/mol. The molecule has 196 valence electrons. The molecule has 6 heteroatoms. The molecule has 0 fully saturated rings. The molecule has 0 bridgehead atoms. The van der Waals surface area contributed by atoms with Crippen molar-refractivity contribution in [3.05, 3.63) is 131 Å². The molecule has 5 rings (SSSR count). The number of hydrogen-bond donors (Lipinski definition) is 1. The third-order valence-corrected chi connectivity index (χ3v) is 6.81. The quantitative estimate of drug-likeness (QED) is 0.195. The highest BCUT2D eigenvalue weighted by atomic mass is 16.5. The van der Waals surface area contributed by atoms with Crippen molar-refractivity contribution >= 4 is 17.9 Å². The first kappa shape index (κ1) is 25.9. The summed E-state index contributed by atoms with van der Waals surface area (Å²) in [5.74, 6) is -0.488. The lowest BCUT2D eigenvalue weighted by Crippen LogP contribution is -2.29. The van der Waals surface area contributed by atoms with Crippen LogP contribution >= 0.6 is 0 Å². The molecule has 6 nitrogen and oxygen atoms in total. The van der Waals surface area contributed by atoms with E-state index in [9.17, 15) is 14.4 Å². The molecule has 0 spiro atoms. The van der Waals surface area contributed by atoms with E-state index in [1.807, 2.05) is 54.6 Å². The number of rotatable bonds is 10. The Morgan fingerprint density at radius 3 is 2.05 bits per heavy atom. The number of aryl methyl sites for hydroxylation is 1. The van der Waals surface area contributed by atoms with Gasteiger partial charge in [-0.3, -0.25) is 14.5 Å². The first-order chi connectivity index (χ1) is 19.1. The fourth-order valence-electron chi connectivity index (χ4n) is 4.69. The molecule has 0 aromatic heterocycles. The van der Waals surface area contributed by atoms with E-state index >= 15 is 0 Å². The van der Waals surface area contributed by atoms with E-state index in [1.165, 1.54) is 10.5 Å². The zero-order valence-corrected chi connectivity index (χ0v) is 21.6. The molecule has 4 aromatic rings. The van der Waals surface area contributed by atoms with Gasteiger partial charge in [-0.1, -0.05) is 91.0 Å². The topological polar surface area (TPSA) is 75.7 Å². The van der Waals surface area contributed by atoms with Gasteiger partial charge in [-0.25, -0.2) is 4.79 Å². The summed E-state index contributed by atoms with van der Waals surface area (Å²) < 4.78 is 5.24. The average Bonchev–Trinajstić information content (AvgIpc) is 3.22. The van der Waals surface area contributed by atoms with Crippen molar-refractivity contribution in [1.29, 1.82) is 0 Å². The van der Waals surface area contributed by atoms with E-state index in [1.54, 1.807) is 24.3 Å². The lowest BCUT2D eigenvalue weighted by atomic mass is 9.99. The first-order valence-electron chi connectivity index (χ1n) is 13.2. The highest BCUT2D eigenvalue weighted by Gasteiger charge is 2.34. The molecular formula is C33H30N2O4. The Morgan fingerprint density at radius 1 is 0.667 bits per heavy atom. The highest BCUT2D eigenvalue weighted by molar-refractivity contribution is 6.21. The summed E-state index contributed by atoms with van der Waals surface area (Å²) in [6.45, 7) is 1.09. The van der Waals surface area contributed by atoms with Gasteiger partial charge in [0.1, 0.15) is 6.61 Å². The zero-order chi connectivity index (χ0) is 27.0. The summed E-state index contributed by atoms with van der Waals surface area (Å²) >= 11 is 0. The number of unbranched alkanes of at least 4 members (excludes halogenated alkanes) is 1. The predicted octanol–water partition coefficient (Wildman–Crippen LogP) is 6.40. The summed E-state index contributed by atoms with van der Waals surface area (Å²) in [7, 11) is 0. The van der Waals surface area contributed by atoms with Crippen LogP contribution in [0, 0.1) is 0 Å². The third-order valence-electron chi connectivity index (χ3n) is 6.81. The number of carbonyl (C=O) groups excluding carboxylic acids is 3. The van der Waals surface area contributed by atoms with Crippen LogP contribution < -0.4 is 5.32 Å². The first-order valence-corrected chi connectivity index (χ1v) is 13.2. The maximum Gasteiger partial charge on any atom is 0.407 e. The largest absolute Gasteiger partial charge is 0.445 e. The molecule has 0 aliphatic carbocycles. The van der Waals surface area contributed by atoms with Crippen LogP contribution in [0.5, 0.6) is 0 Å². The standard InChI is InChI=1S/C33H30N2O4/c36-31-29-14-4-5-15-30(29)32(37)35(31)22-25-16-18-27(19-17-25)28-13-8-12-24(21-28)9-6-7-20-34-33(38)39-23-26-10-2-1-3-11-26/h1-5,8,10-19,21H,6-7,9,20,22-23H2,(H,34,38). The van der Waals surface area contributed by atoms with E-state index in [4.69, 9.17) is 4.74 Å². The van der Waals surface area contributed by atoms with Gasteiger partial charge in [0.2, 0.25) is 0 Å². The van der Waals surface area contributed by atoms with Crippen LogP contribution in [0.1, 0.15) is 50.2 Å². The molecule has 0 saturated heterocycles. The molecule has 0 atom stereocenters. The van der Waals surface area contributed by atoms with E-state index in [0.717, 1.165) is 41.5 Å². The second-order valence-electron chi connectivity index (χ2n) is 9.58. The predicted molar refractivity (Wildman–Crippen MR) is 150 cm³/mol. The number of nitrogens with one attached hydrogen (secondary N) is 1. The number of ether oxygens (including phenoxy) is 1. The molecule has 0 radical (unpaired) electrons. The van der Waals surface area contributed by atoms with E-state index in [2.05, 4.69) is 29.6 Å². The van der Waals surface area contributed by atoms with Gasteiger partial charge in [0.25, 0.3) is 11.8 Å². The highest BCUT2D eigenvalue weighted by Crippen LogP contribution is 2.26. The molecule has 39 heavy (non-hydrogen) atoms. The van der Waals surface area contributed by atoms with E-state index in [-0.39, 0.29) is 25.0 Å². The maximum absolute atomic E-state index is 12.7. The van der Waals surface area contributed by atoms with Gasteiger partial charge < -0.3 is 10.1 Å². The number of benzene rings is 4. The van der Waals surface area contributed by atoms with Gasteiger partial charge in [0, 0.05) is 6.54 Å². The van der Waals surface area contributed by atoms with E-state index < -0.39 is 6.09 Å². The van der Waals surface area contributed by atoms with Crippen LogP contribution in [0.15, 0.2) is 103 Å². The SMILES string of the molecule is O=C(NCCCCc1cccc(-c2ccc(CN3C(=O)c4ccccc4C3=O)cc2)c1)OCc1ccccc1. The molecule has 3 amide bonds. The number of imide groups is 1. The molecule has 0 unspecified atom stereocenters. The van der Waals surface area contributed by atoms with Crippen LogP contribution in [0.4, 0.5) is 4.79 Å². The van der Waals surface area contributed by atoms with Gasteiger partial charge in [-0.2, -0.15) is 0 Å². The fourth-order valence-corrected chi connectivity index (χ4v) is 4.69. The molecule has 1 heterocycles. The minimum absolute atomic E-state index is 0.244. The summed E-state index contributed by atoms with van der Waals surface area (Å²) in [6.07, 6.45) is 2.32. The van der Waals surface area contributed by atoms with Crippen molar-refractivity contribution in [1.82, 2.24) is 10.2 Å². The van der Waals surface area contributed by atoms with Crippen LogP contribution in [-0.2, 0) is 24.3 Å². The Morgan fingerprint density at radius 2 is 1.33 bits per heavy atom. The van der Waals surface area contributed by atoms with Crippen LogP contribution in [0.2, 0.25) is 0 Å². The number of nitrogens with zero attached hydrogens (tertiary/aromatic N) is 1. The van der Waals surface area contributed by atoms with Crippen molar-refractivity contribution in [2.24, 2.45) is 0 Å². The van der Waals surface area contributed by atoms with Crippen molar-refractivity contribution in [2.75, 3.05) is 6.54 Å². The van der Waals surface area contributed by atoms with Crippen LogP contribution in [0.3, 0.4) is 0 Å². The molecule has 1 aliphatic rings. The Labute approximate surface area is 228 Å². The summed E-state index contributed by atoms with van der Waals surface area (Å²) in [4.78, 5) is 38.5. The average molecular weight is 519 g/mol. The summed E-state index contributed by atoms with van der Waals surface area (Å²) in [5, 5.41) is 2.81. The molecule has 1 aliphatic heterocycles. The Bertz CT molecular complexity index is 1430. The van der Waals surface area contributed by atoms with Gasteiger partial charge in [0.15, 0.2) is 0 Å². The Kier molecular flexibility index (Phi) is 8.12. The lowest BCUT2D eigenvalue weighted by molar-refractivity contribution is 0.0642.